The zero-order valence-corrected chi connectivity index (χ0v) is 22.3. The Morgan fingerprint density at radius 1 is 0.882 bits per heavy atom. The molecule has 188 valence electrons. The normalized spacial score (nSPS) is 22.3. The van der Waals surface area contributed by atoms with Gasteiger partial charge in [0, 0.05) is 43.7 Å². The fraction of sp³-hybridized carbons (Fsp3) is 0.704. The Morgan fingerprint density at radius 3 is 2.09 bits per heavy atom. The van der Waals surface area contributed by atoms with Crippen LogP contribution in [-0.2, 0) is 0 Å². The van der Waals surface area contributed by atoms with Crippen LogP contribution in [0.1, 0.15) is 67.2 Å². The Morgan fingerprint density at radius 2 is 1.53 bits per heavy atom. The van der Waals surface area contributed by atoms with E-state index >= 15 is 0 Å². The van der Waals surface area contributed by atoms with Gasteiger partial charge in [-0.2, -0.15) is 4.98 Å². The first-order chi connectivity index (χ1) is 16.0. The Labute approximate surface area is 204 Å². The molecule has 2 saturated heterocycles. The van der Waals surface area contributed by atoms with Crippen LogP contribution in [0.3, 0.4) is 0 Å². The number of ether oxygens (including phenoxy) is 3. The smallest absolute Gasteiger partial charge is 0.229 e. The molecule has 2 aromatic rings. The van der Waals surface area contributed by atoms with Crippen molar-refractivity contribution in [2.75, 3.05) is 38.8 Å². The fourth-order valence-corrected chi connectivity index (χ4v) is 5.34. The molecule has 2 fully saturated rings. The Balaban J connectivity index is 1.74. The molecular formula is C27H42N4O3. The van der Waals surface area contributed by atoms with Crippen molar-refractivity contribution in [2.24, 2.45) is 5.41 Å². The monoisotopic (exact) mass is 470 g/mol. The topological polar surface area (TPSA) is 60.0 Å². The Bertz CT molecular complexity index is 984. The van der Waals surface area contributed by atoms with E-state index in [4.69, 9.17) is 24.2 Å². The van der Waals surface area contributed by atoms with Crippen molar-refractivity contribution >= 4 is 16.9 Å². The Hall–Kier alpha value is -2.28. The van der Waals surface area contributed by atoms with Gasteiger partial charge < -0.3 is 19.1 Å². The number of hydrogen-bond donors (Lipinski definition) is 0. The number of aromatic nitrogens is 2. The van der Waals surface area contributed by atoms with Gasteiger partial charge in [0.1, 0.15) is 6.10 Å². The molecule has 2 aliphatic rings. The summed E-state index contributed by atoms with van der Waals surface area (Å²) in [6.45, 7) is 16.7. The van der Waals surface area contributed by atoms with Gasteiger partial charge in [0.05, 0.1) is 25.1 Å². The van der Waals surface area contributed by atoms with E-state index in [2.05, 4.69) is 51.3 Å². The molecule has 0 bridgehead atoms. The summed E-state index contributed by atoms with van der Waals surface area (Å²) < 4.78 is 17.9. The van der Waals surface area contributed by atoms with Gasteiger partial charge in [0.25, 0.3) is 0 Å². The number of methoxy groups -OCH3 is 2. The SMILES string of the molecule is COc1cc2nc(N3CCCCC3)nc(OC3CC(C(C)(C)C)N(C(C)(C)C)C3)c2cc1OC. The van der Waals surface area contributed by atoms with Crippen molar-refractivity contribution in [3.05, 3.63) is 12.1 Å². The molecule has 0 aliphatic carbocycles. The van der Waals surface area contributed by atoms with E-state index in [1.807, 2.05) is 12.1 Å². The van der Waals surface area contributed by atoms with Crippen LogP contribution in [0, 0.1) is 5.41 Å². The van der Waals surface area contributed by atoms with Crippen molar-refractivity contribution in [1.82, 2.24) is 14.9 Å². The number of fused-ring (bicyclic) bond motifs is 1. The van der Waals surface area contributed by atoms with Crippen LogP contribution in [0.5, 0.6) is 17.4 Å². The predicted octanol–water partition coefficient (Wildman–Crippen LogP) is 5.30. The summed E-state index contributed by atoms with van der Waals surface area (Å²) in [7, 11) is 3.30. The highest BCUT2D eigenvalue weighted by atomic mass is 16.5. The lowest BCUT2D eigenvalue weighted by atomic mass is 9.83. The van der Waals surface area contributed by atoms with Crippen molar-refractivity contribution in [2.45, 2.75) is 84.9 Å². The molecule has 0 saturated carbocycles. The van der Waals surface area contributed by atoms with E-state index in [-0.39, 0.29) is 17.1 Å². The summed E-state index contributed by atoms with van der Waals surface area (Å²) in [5, 5.41) is 0.861. The second-order valence-corrected chi connectivity index (χ2v) is 11.8. The third kappa shape index (κ3) is 5.04. The highest BCUT2D eigenvalue weighted by Gasteiger charge is 2.44. The van der Waals surface area contributed by atoms with Crippen LogP contribution in [0.4, 0.5) is 5.95 Å². The van der Waals surface area contributed by atoms with Crippen LogP contribution in [-0.4, -0.2) is 66.4 Å². The number of rotatable bonds is 5. The van der Waals surface area contributed by atoms with Crippen molar-refractivity contribution in [3.8, 4) is 17.4 Å². The van der Waals surface area contributed by atoms with Gasteiger partial charge in [0.15, 0.2) is 11.5 Å². The molecule has 0 N–H and O–H groups in total. The molecule has 0 radical (unpaired) electrons. The summed E-state index contributed by atoms with van der Waals surface area (Å²) in [6, 6.07) is 4.31. The zero-order valence-electron chi connectivity index (χ0n) is 22.3. The van der Waals surface area contributed by atoms with Crippen LogP contribution < -0.4 is 19.1 Å². The van der Waals surface area contributed by atoms with Gasteiger partial charge in [0.2, 0.25) is 11.8 Å². The first-order valence-electron chi connectivity index (χ1n) is 12.6. The lowest BCUT2D eigenvalue weighted by Crippen LogP contribution is -2.49. The number of anilines is 1. The van der Waals surface area contributed by atoms with Crippen molar-refractivity contribution in [3.63, 3.8) is 0 Å². The maximum atomic E-state index is 6.73. The van der Waals surface area contributed by atoms with Gasteiger partial charge in [-0.15, -0.1) is 0 Å². The van der Waals surface area contributed by atoms with Gasteiger partial charge in [-0.25, -0.2) is 4.98 Å². The molecule has 4 rings (SSSR count). The van der Waals surface area contributed by atoms with Gasteiger partial charge in [-0.05, 0) is 51.5 Å². The number of hydrogen-bond acceptors (Lipinski definition) is 7. The third-order valence-electron chi connectivity index (χ3n) is 7.20. The largest absolute Gasteiger partial charge is 0.493 e. The minimum Gasteiger partial charge on any atom is -0.493 e. The number of benzene rings is 1. The van der Waals surface area contributed by atoms with E-state index in [1.165, 1.54) is 19.3 Å². The summed E-state index contributed by atoms with van der Waals surface area (Å²) in [5.74, 6) is 2.70. The first kappa shape index (κ1) is 24.8. The van der Waals surface area contributed by atoms with Crippen molar-refractivity contribution in [1.29, 1.82) is 0 Å². The lowest BCUT2D eigenvalue weighted by molar-refractivity contribution is 0.0558. The summed E-state index contributed by atoms with van der Waals surface area (Å²) in [5.41, 5.74) is 1.05. The predicted molar refractivity (Wildman–Crippen MR) is 137 cm³/mol. The molecule has 7 nitrogen and oxygen atoms in total. The molecule has 0 amide bonds. The highest BCUT2D eigenvalue weighted by molar-refractivity contribution is 5.88. The second kappa shape index (κ2) is 9.40. The van der Waals surface area contributed by atoms with E-state index in [1.54, 1.807) is 14.2 Å². The molecule has 3 heterocycles. The van der Waals surface area contributed by atoms with E-state index in [0.29, 0.717) is 23.4 Å². The average Bonchev–Trinajstić information content (AvgIpc) is 3.24. The number of nitrogens with zero attached hydrogens (tertiary/aromatic N) is 4. The van der Waals surface area contributed by atoms with Crippen LogP contribution in [0.2, 0.25) is 0 Å². The zero-order chi connectivity index (χ0) is 24.7. The van der Waals surface area contributed by atoms with Gasteiger partial charge in [-0.1, -0.05) is 20.8 Å². The van der Waals surface area contributed by atoms with Gasteiger partial charge in [-0.3, -0.25) is 4.90 Å². The summed E-state index contributed by atoms with van der Waals surface area (Å²) >= 11 is 0. The molecule has 0 spiro atoms. The molecule has 7 heteroatoms. The average molecular weight is 471 g/mol. The van der Waals surface area contributed by atoms with Crippen molar-refractivity contribution < 1.29 is 14.2 Å². The summed E-state index contributed by atoms with van der Waals surface area (Å²) in [4.78, 5) is 14.8. The van der Waals surface area contributed by atoms with Crippen LogP contribution in [0.25, 0.3) is 10.9 Å². The standard InChI is InChI=1S/C27H42N4O3/c1-26(2,3)23-14-18(17-31(23)27(4,5)6)34-24-19-15-21(32-7)22(33-8)16-20(19)28-25(29-24)30-12-10-9-11-13-30/h15-16,18,23H,9-14,17H2,1-8H3. The highest BCUT2D eigenvalue weighted by Crippen LogP contribution is 2.40. The first-order valence-corrected chi connectivity index (χ1v) is 12.6. The quantitative estimate of drug-likeness (QED) is 0.587. The van der Waals surface area contributed by atoms with Gasteiger partial charge >= 0.3 is 0 Å². The molecule has 1 aromatic carbocycles. The number of likely N-dealkylation sites (tertiary alicyclic amines) is 1. The molecule has 2 atom stereocenters. The lowest BCUT2D eigenvalue weighted by Gasteiger charge is -2.42. The Kier molecular flexibility index (Phi) is 6.87. The number of piperidine rings is 1. The van der Waals surface area contributed by atoms with E-state index in [0.717, 1.165) is 42.9 Å². The fourth-order valence-electron chi connectivity index (χ4n) is 5.34. The molecule has 2 aliphatic heterocycles. The molecule has 1 aromatic heterocycles. The molecular weight excluding hydrogens is 428 g/mol. The van der Waals surface area contributed by atoms with E-state index < -0.39 is 0 Å². The second-order valence-electron chi connectivity index (χ2n) is 11.8. The minimum absolute atomic E-state index is 0.0591. The van der Waals surface area contributed by atoms with Crippen LogP contribution >= 0.6 is 0 Å². The van der Waals surface area contributed by atoms with E-state index in [9.17, 15) is 0 Å². The molecule has 34 heavy (non-hydrogen) atoms. The molecule has 2 unspecified atom stereocenters. The maximum Gasteiger partial charge on any atom is 0.229 e. The third-order valence-corrected chi connectivity index (χ3v) is 7.20. The maximum absolute atomic E-state index is 6.73. The van der Waals surface area contributed by atoms with Crippen LogP contribution in [0.15, 0.2) is 12.1 Å². The minimum atomic E-state index is 0.0591. The summed E-state index contributed by atoms with van der Waals surface area (Å²) in [6.07, 6.45) is 4.62.